The summed E-state index contributed by atoms with van der Waals surface area (Å²) in [4.78, 5) is 37.6. The number of amides is 1. The summed E-state index contributed by atoms with van der Waals surface area (Å²) in [5.41, 5.74) is -0.994. The first-order valence-corrected chi connectivity index (χ1v) is 6.83. The van der Waals surface area contributed by atoms with Gasteiger partial charge in [0, 0.05) is 12.2 Å². The van der Waals surface area contributed by atoms with E-state index < -0.39 is 29.1 Å². The fourth-order valence-corrected chi connectivity index (χ4v) is 2.91. The Hall–Kier alpha value is -2.15. The monoisotopic (exact) mass is 292 g/mol. The largest absolute Gasteiger partial charge is 0.503 e. The lowest BCUT2D eigenvalue weighted by Gasteiger charge is -2.44. The maximum Gasteiger partial charge on any atom is 0.276 e. The summed E-state index contributed by atoms with van der Waals surface area (Å²) >= 11 is 0. The molecule has 0 unspecified atom stereocenters. The van der Waals surface area contributed by atoms with Gasteiger partial charge in [0.1, 0.15) is 0 Å². The van der Waals surface area contributed by atoms with Crippen molar-refractivity contribution in [3.05, 3.63) is 27.7 Å². The highest BCUT2D eigenvalue weighted by molar-refractivity contribution is 5.99. The van der Waals surface area contributed by atoms with E-state index in [0.717, 1.165) is 0 Å². The van der Waals surface area contributed by atoms with Gasteiger partial charge < -0.3 is 19.3 Å². The van der Waals surface area contributed by atoms with E-state index in [2.05, 4.69) is 0 Å². The molecule has 0 radical (unpaired) electrons. The Labute approximate surface area is 120 Å². The van der Waals surface area contributed by atoms with Crippen LogP contribution in [0.25, 0.3) is 0 Å². The minimum absolute atomic E-state index is 0.0213. The van der Waals surface area contributed by atoms with Crippen LogP contribution >= 0.6 is 0 Å². The lowest BCUT2D eigenvalue weighted by Crippen LogP contribution is -2.56. The first-order valence-electron chi connectivity index (χ1n) is 6.83. The highest BCUT2D eigenvalue weighted by Gasteiger charge is 2.40. The number of carbonyl (C=O) groups is 2. The lowest BCUT2D eigenvalue weighted by molar-refractivity contribution is -0.112. The molecular formula is C14H16N2O5. The highest BCUT2D eigenvalue weighted by Crippen LogP contribution is 2.29. The molecule has 0 aromatic carbocycles. The highest BCUT2D eigenvalue weighted by atomic mass is 16.5. The van der Waals surface area contributed by atoms with Gasteiger partial charge in [0.15, 0.2) is 23.5 Å². The number of carbonyl (C=O) groups excluding carboxylic acids is 2. The number of pyridine rings is 1. The van der Waals surface area contributed by atoms with Crippen LogP contribution in [0, 0.1) is 0 Å². The molecule has 1 aromatic rings. The van der Waals surface area contributed by atoms with E-state index >= 15 is 0 Å². The van der Waals surface area contributed by atoms with Gasteiger partial charge in [-0.3, -0.25) is 14.4 Å². The third kappa shape index (κ3) is 1.96. The van der Waals surface area contributed by atoms with Crippen molar-refractivity contribution in [2.45, 2.75) is 39.1 Å². The smallest absolute Gasteiger partial charge is 0.276 e. The number of Topliss-reactive ketones (excluding diaryl/α,β-unsaturated/α-hetero) is 1. The number of fused-ring (bicyclic) bond motifs is 2. The number of ketones is 1. The normalized spacial score (nSPS) is 24.5. The van der Waals surface area contributed by atoms with Gasteiger partial charge in [-0.15, -0.1) is 0 Å². The van der Waals surface area contributed by atoms with Gasteiger partial charge in [0.2, 0.25) is 5.43 Å². The fourth-order valence-electron chi connectivity index (χ4n) is 2.91. The Morgan fingerprint density at radius 2 is 2.14 bits per heavy atom. The number of aromatic nitrogens is 1. The van der Waals surface area contributed by atoms with Crippen molar-refractivity contribution >= 4 is 11.7 Å². The molecule has 1 aromatic heterocycles. The standard InChI is InChI=1S/C14H16N2O5/c1-7-3-4-21-10-6-15-5-9(8(2)17)12(18)13(19)11(15)14(20)16(7)10/h5,7,10,19H,3-4,6H2,1-2H3/t7-,10+/m1/s1. The lowest BCUT2D eigenvalue weighted by atomic mass is 10.1. The van der Waals surface area contributed by atoms with Crippen molar-refractivity contribution in [3.8, 4) is 5.75 Å². The van der Waals surface area contributed by atoms with E-state index in [1.54, 1.807) is 4.90 Å². The quantitative estimate of drug-likeness (QED) is 0.754. The number of rotatable bonds is 1. The van der Waals surface area contributed by atoms with Crippen molar-refractivity contribution in [2.24, 2.45) is 0 Å². The Bertz CT molecular complexity index is 693. The van der Waals surface area contributed by atoms with Gasteiger partial charge in [-0.2, -0.15) is 0 Å². The molecule has 1 N–H and O–H groups in total. The minimum Gasteiger partial charge on any atom is -0.503 e. The van der Waals surface area contributed by atoms with Gasteiger partial charge in [0.05, 0.1) is 18.7 Å². The molecule has 2 atom stereocenters. The van der Waals surface area contributed by atoms with Crippen LogP contribution in [0.5, 0.6) is 5.75 Å². The van der Waals surface area contributed by atoms with E-state index in [1.807, 2.05) is 6.92 Å². The topological polar surface area (TPSA) is 88.8 Å². The number of hydrogen-bond donors (Lipinski definition) is 1. The Balaban J connectivity index is 2.18. The zero-order valence-electron chi connectivity index (χ0n) is 11.8. The molecule has 1 saturated heterocycles. The molecule has 0 spiro atoms. The van der Waals surface area contributed by atoms with Crippen LogP contribution in [0.2, 0.25) is 0 Å². The molecule has 21 heavy (non-hydrogen) atoms. The Morgan fingerprint density at radius 1 is 1.43 bits per heavy atom. The van der Waals surface area contributed by atoms with Crippen molar-refractivity contribution in [2.75, 3.05) is 6.61 Å². The third-order valence-electron chi connectivity index (χ3n) is 4.06. The van der Waals surface area contributed by atoms with Gasteiger partial charge in [0.25, 0.3) is 5.91 Å². The molecule has 7 heteroatoms. The molecule has 3 rings (SSSR count). The first kappa shape index (κ1) is 13.8. The molecule has 1 amide bonds. The van der Waals surface area contributed by atoms with Gasteiger partial charge in [-0.1, -0.05) is 0 Å². The van der Waals surface area contributed by atoms with Gasteiger partial charge in [-0.25, -0.2) is 0 Å². The second-order valence-electron chi connectivity index (χ2n) is 5.45. The number of nitrogens with zero attached hydrogens (tertiary/aromatic N) is 2. The third-order valence-corrected chi connectivity index (χ3v) is 4.06. The molecule has 0 saturated carbocycles. The zero-order valence-corrected chi connectivity index (χ0v) is 11.8. The maximum atomic E-state index is 12.6. The second-order valence-corrected chi connectivity index (χ2v) is 5.45. The summed E-state index contributed by atoms with van der Waals surface area (Å²) in [5.74, 6) is -1.55. The summed E-state index contributed by atoms with van der Waals surface area (Å²) in [5, 5.41) is 10.0. The van der Waals surface area contributed by atoms with Crippen molar-refractivity contribution in [3.63, 3.8) is 0 Å². The summed E-state index contributed by atoms with van der Waals surface area (Å²) < 4.78 is 7.03. The summed E-state index contributed by atoms with van der Waals surface area (Å²) in [6.07, 6.45) is 1.60. The van der Waals surface area contributed by atoms with Crippen LogP contribution in [0.4, 0.5) is 0 Å². The average molecular weight is 292 g/mol. The molecule has 3 heterocycles. The van der Waals surface area contributed by atoms with E-state index in [9.17, 15) is 19.5 Å². The number of aromatic hydroxyl groups is 1. The molecule has 1 fully saturated rings. The van der Waals surface area contributed by atoms with Gasteiger partial charge >= 0.3 is 0 Å². The van der Waals surface area contributed by atoms with Crippen molar-refractivity contribution < 1.29 is 19.4 Å². The molecule has 0 aliphatic carbocycles. The first-order chi connectivity index (χ1) is 9.91. The van der Waals surface area contributed by atoms with E-state index in [4.69, 9.17) is 4.74 Å². The molecule has 2 aliphatic rings. The average Bonchev–Trinajstić information content (AvgIpc) is 2.42. The molecule has 0 bridgehead atoms. The van der Waals surface area contributed by atoms with Crippen molar-refractivity contribution in [1.29, 1.82) is 0 Å². The molecule has 112 valence electrons. The summed E-state index contributed by atoms with van der Waals surface area (Å²) in [7, 11) is 0. The predicted octanol–water partition coefficient (Wildman–Crippen LogP) is 0.347. The Morgan fingerprint density at radius 3 is 2.81 bits per heavy atom. The van der Waals surface area contributed by atoms with Crippen LogP contribution in [-0.4, -0.2) is 45.1 Å². The number of hydrogen-bond acceptors (Lipinski definition) is 5. The summed E-state index contributed by atoms with van der Waals surface area (Å²) in [6.45, 7) is 4.00. The number of ether oxygens (including phenoxy) is 1. The van der Waals surface area contributed by atoms with E-state index in [-0.39, 0.29) is 17.3 Å². The maximum absolute atomic E-state index is 12.6. The van der Waals surface area contributed by atoms with Crippen LogP contribution < -0.4 is 5.43 Å². The van der Waals surface area contributed by atoms with Crippen LogP contribution in [0.1, 0.15) is 41.1 Å². The fraction of sp³-hybridized carbons (Fsp3) is 0.500. The van der Waals surface area contributed by atoms with Crippen molar-refractivity contribution in [1.82, 2.24) is 9.47 Å². The van der Waals surface area contributed by atoms with E-state index in [0.29, 0.717) is 19.6 Å². The molecule has 7 nitrogen and oxygen atoms in total. The van der Waals surface area contributed by atoms with Gasteiger partial charge in [-0.05, 0) is 20.3 Å². The van der Waals surface area contributed by atoms with Crippen LogP contribution in [0.15, 0.2) is 11.0 Å². The SMILES string of the molecule is CC(=O)c1cn2c(c(O)c1=O)C(=O)N1[C@H](C)CCO[C@H]1C2. The second kappa shape index (κ2) is 4.70. The minimum atomic E-state index is -0.800. The molecular weight excluding hydrogens is 276 g/mol. The van der Waals surface area contributed by atoms with Crippen LogP contribution in [-0.2, 0) is 11.3 Å². The summed E-state index contributed by atoms with van der Waals surface area (Å²) in [6, 6.07) is -0.0213. The predicted molar refractivity (Wildman–Crippen MR) is 72.4 cm³/mol. The van der Waals surface area contributed by atoms with E-state index in [1.165, 1.54) is 17.7 Å². The Kier molecular flexibility index (Phi) is 3.09. The zero-order chi connectivity index (χ0) is 15.3. The van der Waals surface area contributed by atoms with Crippen LogP contribution in [0.3, 0.4) is 0 Å². The molecule has 2 aliphatic heterocycles.